The van der Waals surface area contributed by atoms with Gasteiger partial charge in [0.2, 0.25) is 5.91 Å². The molecule has 1 aliphatic carbocycles. The summed E-state index contributed by atoms with van der Waals surface area (Å²) in [5, 5.41) is 2.95. The highest BCUT2D eigenvalue weighted by Gasteiger charge is 2.53. The van der Waals surface area contributed by atoms with Crippen LogP contribution >= 0.6 is 11.8 Å². The molecule has 0 atom stereocenters. The third-order valence-electron chi connectivity index (χ3n) is 2.86. The van der Waals surface area contributed by atoms with Crippen molar-refractivity contribution in [3.63, 3.8) is 0 Å². The number of carbonyl (C=O) groups excluding carboxylic acids is 1. The van der Waals surface area contributed by atoms with Crippen molar-refractivity contribution >= 4 is 23.4 Å². The summed E-state index contributed by atoms with van der Waals surface area (Å²) in [4.78, 5) is 12.8. The van der Waals surface area contributed by atoms with E-state index in [1.165, 1.54) is 0 Å². The van der Waals surface area contributed by atoms with Crippen LogP contribution in [0, 0.1) is 0 Å². The molecule has 1 heterocycles. The van der Waals surface area contributed by atoms with Crippen LogP contribution in [0.25, 0.3) is 0 Å². The Balaban J connectivity index is 2.02. The lowest BCUT2D eigenvalue weighted by atomic mass is 10.2. The Hall–Kier alpha value is -1.16. The van der Waals surface area contributed by atoms with Gasteiger partial charge in [-0.2, -0.15) is 0 Å². The van der Waals surface area contributed by atoms with Crippen molar-refractivity contribution < 1.29 is 9.53 Å². The van der Waals surface area contributed by atoms with Crippen LogP contribution in [0.2, 0.25) is 0 Å². The maximum atomic E-state index is 11.7. The van der Waals surface area contributed by atoms with Gasteiger partial charge in [0.05, 0.1) is 17.5 Å². The van der Waals surface area contributed by atoms with Crippen LogP contribution in [0.3, 0.4) is 0 Å². The minimum Gasteiger partial charge on any atom is -0.497 e. The Bertz CT molecular complexity index is 440. The number of hydrogen-bond donors (Lipinski definition) is 1. The molecule has 1 amide bonds. The Labute approximate surface area is 92.2 Å². The molecule has 1 aliphatic heterocycles. The van der Waals surface area contributed by atoms with Gasteiger partial charge in [-0.3, -0.25) is 4.79 Å². The van der Waals surface area contributed by atoms with Gasteiger partial charge in [0.1, 0.15) is 5.75 Å². The molecule has 0 aromatic heterocycles. The highest BCUT2D eigenvalue weighted by Crippen LogP contribution is 2.56. The fraction of sp³-hybridized carbons (Fsp3) is 0.364. The quantitative estimate of drug-likeness (QED) is 0.790. The van der Waals surface area contributed by atoms with Gasteiger partial charge >= 0.3 is 0 Å². The van der Waals surface area contributed by atoms with Crippen LogP contribution in [-0.2, 0) is 4.79 Å². The van der Waals surface area contributed by atoms with E-state index in [0.717, 1.165) is 29.2 Å². The van der Waals surface area contributed by atoms with Crippen molar-refractivity contribution in [2.24, 2.45) is 0 Å². The normalized spacial score (nSPS) is 20.7. The molecule has 1 N–H and O–H groups in total. The summed E-state index contributed by atoms with van der Waals surface area (Å²) < 4.78 is 5.00. The van der Waals surface area contributed by atoms with Gasteiger partial charge in [-0.15, -0.1) is 11.8 Å². The van der Waals surface area contributed by atoms with Crippen molar-refractivity contribution in [3.05, 3.63) is 18.2 Å². The Morgan fingerprint density at radius 3 is 2.93 bits per heavy atom. The standard InChI is InChI=1S/C11H11NO2S/c1-14-7-2-3-8-9(6-7)15-11(4-5-11)10(13)12-8/h2-3,6H,4-5H2,1H3,(H,12,13). The zero-order valence-corrected chi connectivity index (χ0v) is 9.19. The number of ether oxygens (including phenoxy) is 1. The number of anilines is 1. The first-order valence-corrected chi connectivity index (χ1v) is 5.74. The van der Waals surface area contributed by atoms with E-state index in [9.17, 15) is 4.79 Å². The smallest absolute Gasteiger partial charge is 0.241 e. The average molecular weight is 221 g/mol. The lowest BCUT2D eigenvalue weighted by molar-refractivity contribution is -0.116. The van der Waals surface area contributed by atoms with Crippen molar-refractivity contribution in [3.8, 4) is 5.75 Å². The molecule has 1 aromatic carbocycles. The molecule has 2 aliphatic rings. The lowest BCUT2D eigenvalue weighted by Crippen LogP contribution is -2.30. The molecule has 3 nitrogen and oxygen atoms in total. The summed E-state index contributed by atoms with van der Waals surface area (Å²) in [7, 11) is 1.65. The molecule has 78 valence electrons. The molecule has 1 saturated carbocycles. The summed E-state index contributed by atoms with van der Waals surface area (Å²) in [6, 6.07) is 5.75. The van der Waals surface area contributed by atoms with E-state index in [2.05, 4.69) is 5.32 Å². The summed E-state index contributed by atoms with van der Waals surface area (Å²) in [5.74, 6) is 0.998. The molecule has 0 unspecified atom stereocenters. The van der Waals surface area contributed by atoms with Crippen molar-refractivity contribution in [1.82, 2.24) is 0 Å². The van der Waals surface area contributed by atoms with E-state index < -0.39 is 0 Å². The molecule has 3 rings (SSSR count). The van der Waals surface area contributed by atoms with Crippen molar-refractivity contribution in [1.29, 1.82) is 0 Å². The van der Waals surface area contributed by atoms with Crippen molar-refractivity contribution in [2.45, 2.75) is 22.5 Å². The molecule has 0 bridgehead atoms. The van der Waals surface area contributed by atoms with Gasteiger partial charge in [-0.25, -0.2) is 0 Å². The van der Waals surface area contributed by atoms with Crippen LogP contribution in [0.1, 0.15) is 12.8 Å². The number of rotatable bonds is 1. The molecule has 1 spiro atoms. The predicted molar refractivity (Wildman–Crippen MR) is 59.4 cm³/mol. The molecule has 0 saturated heterocycles. The average Bonchev–Trinajstić information content (AvgIpc) is 3.00. The Morgan fingerprint density at radius 1 is 1.47 bits per heavy atom. The number of amides is 1. The molecule has 4 heteroatoms. The summed E-state index contributed by atoms with van der Waals surface area (Å²) in [6.45, 7) is 0. The molecule has 1 fully saturated rings. The fourth-order valence-electron chi connectivity index (χ4n) is 1.75. The van der Waals surface area contributed by atoms with Gasteiger partial charge in [-0.1, -0.05) is 0 Å². The number of hydrogen-bond acceptors (Lipinski definition) is 3. The van der Waals surface area contributed by atoms with E-state index in [1.807, 2.05) is 18.2 Å². The number of methoxy groups -OCH3 is 1. The number of nitrogens with one attached hydrogen (secondary N) is 1. The second kappa shape index (κ2) is 2.92. The zero-order chi connectivity index (χ0) is 10.5. The van der Waals surface area contributed by atoms with Gasteiger partial charge in [0.25, 0.3) is 0 Å². The van der Waals surface area contributed by atoms with E-state index >= 15 is 0 Å². The van der Waals surface area contributed by atoms with Gasteiger partial charge in [-0.05, 0) is 31.0 Å². The molecular weight excluding hydrogens is 210 g/mol. The summed E-state index contributed by atoms with van der Waals surface area (Å²) >= 11 is 1.67. The number of fused-ring (bicyclic) bond motifs is 1. The first-order chi connectivity index (χ1) is 7.23. The van der Waals surface area contributed by atoms with Crippen LogP contribution in [0.15, 0.2) is 23.1 Å². The van der Waals surface area contributed by atoms with Crippen molar-refractivity contribution in [2.75, 3.05) is 12.4 Å². The molecule has 0 radical (unpaired) electrons. The minimum absolute atomic E-state index is 0.158. The monoisotopic (exact) mass is 221 g/mol. The zero-order valence-electron chi connectivity index (χ0n) is 8.37. The maximum Gasteiger partial charge on any atom is 0.241 e. The second-order valence-electron chi connectivity index (χ2n) is 3.91. The Morgan fingerprint density at radius 2 is 2.27 bits per heavy atom. The van der Waals surface area contributed by atoms with Gasteiger partial charge < -0.3 is 10.1 Å². The van der Waals surface area contributed by atoms with Crippen LogP contribution in [0.5, 0.6) is 5.75 Å². The molecule has 1 aromatic rings. The first-order valence-electron chi connectivity index (χ1n) is 4.92. The molecule has 15 heavy (non-hydrogen) atoms. The molecular formula is C11H11NO2S. The SMILES string of the molecule is COc1ccc2c(c1)SC1(CC1)C(=O)N2. The van der Waals surface area contributed by atoms with Crippen LogP contribution in [0.4, 0.5) is 5.69 Å². The van der Waals surface area contributed by atoms with Crippen LogP contribution < -0.4 is 10.1 Å². The third-order valence-corrected chi connectivity index (χ3v) is 4.40. The first kappa shape index (κ1) is 9.09. The van der Waals surface area contributed by atoms with E-state index in [1.54, 1.807) is 18.9 Å². The Kier molecular flexibility index (Phi) is 1.77. The van der Waals surface area contributed by atoms with E-state index in [4.69, 9.17) is 4.74 Å². The predicted octanol–water partition coefficient (Wildman–Crippen LogP) is 2.27. The van der Waals surface area contributed by atoms with Gasteiger partial charge in [0, 0.05) is 4.90 Å². The number of carbonyl (C=O) groups is 1. The van der Waals surface area contributed by atoms with Gasteiger partial charge in [0.15, 0.2) is 0 Å². The summed E-state index contributed by atoms with van der Waals surface area (Å²) in [6.07, 6.45) is 1.97. The topological polar surface area (TPSA) is 38.3 Å². The van der Waals surface area contributed by atoms with E-state index in [-0.39, 0.29) is 10.7 Å². The second-order valence-corrected chi connectivity index (χ2v) is 5.34. The highest BCUT2D eigenvalue weighted by atomic mass is 32.2. The summed E-state index contributed by atoms with van der Waals surface area (Å²) in [5.41, 5.74) is 0.906. The minimum atomic E-state index is -0.167. The lowest BCUT2D eigenvalue weighted by Gasteiger charge is -2.23. The largest absolute Gasteiger partial charge is 0.497 e. The number of thioether (sulfide) groups is 1. The van der Waals surface area contributed by atoms with E-state index in [0.29, 0.717) is 0 Å². The highest BCUT2D eigenvalue weighted by molar-refractivity contribution is 8.02. The number of benzene rings is 1. The maximum absolute atomic E-state index is 11.7. The fourth-order valence-corrected chi connectivity index (χ4v) is 3.03. The third kappa shape index (κ3) is 1.32. The van der Waals surface area contributed by atoms with Crippen LogP contribution in [-0.4, -0.2) is 17.8 Å².